The van der Waals surface area contributed by atoms with Gasteiger partial charge in [0.15, 0.2) is 10.1 Å². The summed E-state index contributed by atoms with van der Waals surface area (Å²) in [6, 6.07) is 0. The summed E-state index contributed by atoms with van der Waals surface area (Å²) in [6.45, 7) is 5.88. The van der Waals surface area contributed by atoms with Gasteiger partial charge < -0.3 is 0 Å². The van der Waals surface area contributed by atoms with Crippen LogP contribution in [-0.2, 0) is 4.79 Å². The summed E-state index contributed by atoms with van der Waals surface area (Å²) in [5.74, 6) is -0.189. The first-order valence-electron chi connectivity index (χ1n) is 6.39. The van der Waals surface area contributed by atoms with Crippen LogP contribution in [0, 0.1) is 20.8 Å². The second-order valence-corrected chi connectivity index (χ2v) is 6.76. The van der Waals surface area contributed by atoms with E-state index in [2.05, 4.69) is 15.3 Å². The smallest absolute Gasteiger partial charge is 0.250 e. The van der Waals surface area contributed by atoms with Crippen molar-refractivity contribution in [1.29, 1.82) is 0 Å². The largest absolute Gasteiger partial charge is 0.298 e. The average molecular weight is 318 g/mol. The molecule has 7 heteroatoms. The van der Waals surface area contributed by atoms with E-state index >= 15 is 0 Å². The van der Waals surface area contributed by atoms with Crippen LogP contribution in [0.2, 0.25) is 0 Å². The zero-order valence-electron chi connectivity index (χ0n) is 11.9. The van der Waals surface area contributed by atoms with Gasteiger partial charge in [-0.15, -0.1) is 22.7 Å². The molecule has 0 aliphatic carbocycles. The van der Waals surface area contributed by atoms with Gasteiger partial charge in [-0.3, -0.25) is 14.5 Å². The Morgan fingerprint density at radius 3 is 2.86 bits per heavy atom. The minimum absolute atomic E-state index is 0.189. The number of thiazole rings is 2. The zero-order valence-corrected chi connectivity index (χ0v) is 13.5. The summed E-state index contributed by atoms with van der Waals surface area (Å²) in [4.78, 5) is 22.7. The zero-order chi connectivity index (χ0) is 15.0. The molecule has 0 aliphatic rings. The van der Waals surface area contributed by atoms with Gasteiger partial charge in [0, 0.05) is 22.5 Å². The molecule has 0 bridgehead atoms. The van der Waals surface area contributed by atoms with E-state index in [1.807, 2.05) is 36.7 Å². The summed E-state index contributed by atoms with van der Waals surface area (Å²) >= 11 is 3.05. The summed E-state index contributed by atoms with van der Waals surface area (Å²) in [6.07, 6.45) is 5.33. The molecule has 5 nitrogen and oxygen atoms in total. The van der Waals surface area contributed by atoms with Gasteiger partial charge in [-0.1, -0.05) is 0 Å². The third-order valence-electron chi connectivity index (χ3n) is 2.90. The molecule has 0 saturated heterocycles. The highest BCUT2D eigenvalue weighted by molar-refractivity contribution is 7.17. The monoisotopic (exact) mass is 318 g/mol. The van der Waals surface area contributed by atoms with Crippen molar-refractivity contribution < 1.29 is 4.79 Å². The third-order valence-corrected chi connectivity index (χ3v) is 4.68. The molecule has 3 rings (SSSR count). The Hall–Kier alpha value is -1.99. The number of fused-ring (bicyclic) bond motifs is 1. The molecule has 0 fully saturated rings. The molecular formula is C14H14N4OS2. The number of amides is 1. The first-order valence-corrected chi connectivity index (χ1v) is 8.09. The van der Waals surface area contributed by atoms with Gasteiger partial charge in [-0.05, 0) is 26.8 Å². The Morgan fingerprint density at radius 1 is 1.33 bits per heavy atom. The molecule has 3 heterocycles. The highest BCUT2D eigenvalue weighted by atomic mass is 32.1. The van der Waals surface area contributed by atoms with Crippen molar-refractivity contribution in [3.05, 3.63) is 39.6 Å². The normalized spacial score (nSPS) is 11.6. The molecule has 0 aliphatic heterocycles. The first kappa shape index (κ1) is 14.0. The van der Waals surface area contributed by atoms with E-state index < -0.39 is 0 Å². The number of aromatic nitrogens is 3. The van der Waals surface area contributed by atoms with Crippen molar-refractivity contribution in [2.45, 2.75) is 20.8 Å². The molecule has 0 saturated carbocycles. The molecule has 0 spiro atoms. The lowest BCUT2D eigenvalue weighted by molar-refractivity contribution is -0.111. The molecule has 1 amide bonds. The summed E-state index contributed by atoms with van der Waals surface area (Å²) in [5, 5.41) is 5.27. The fraction of sp³-hybridized carbons (Fsp3) is 0.214. The van der Waals surface area contributed by atoms with Crippen LogP contribution in [0.1, 0.15) is 22.0 Å². The van der Waals surface area contributed by atoms with Gasteiger partial charge in [0.25, 0.3) is 0 Å². The fourth-order valence-corrected chi connectivity index (χ4v) is 3.56. The molecule has 0 aromatic carbocycles. The summed E-state index contributed by atoms with van der Waals surface area (Å²) in [7, 11) is 0. The maximum atomic E-state index is 11.9. The van der Waals surface area contributed by atoms with Gasteiger partial charge in [-0.2, -0.15) is 0 Å². The van der Waals surface area contributed by atoms with Crippen molar-refractivity contribution >= 4 is 44.7 Å². The molecule has 3 aromatic heterocycles. The SMILES string of the molecule is Cc1csc(NC(=O)/C=C/c2c(C)nc3sc(C)cn23)n1. The van der Waals surface area contributed by atoms with E-state index in [1.165, 1.54) is 22.3 Å². The Balaban J connectivity index is 1.80. The predicted molar refractivity (Wildman–Crippen MR) is 87.1 cm³/mol. The minimum Gasteiger partial charge on any atom is -0.298 e. The summed E-state index contributed by atoms with van der Waals surface area (Å²) in [5.41, 5.74) is 2.75. The van der Waals surface area contributed by atoms with Crippen LogP contribution in [0.3, 0.4) is 0 Å². The fourth-order valence-electron chi connectivity index (χ4n) is 1.99. The number of carbonyl (C=O) groups is 1. The van der Waals surface area contributed by atoms with Crippen LogP contribution in [-0.4, -0.2) is 20.3 Å². The molecule has 3 aromatic rings. The van der Waals surface area contributed by atoms with E-state index in [0.29, 0.717) is 5.13 Å². The number of rotatable bonds is 3. The lowest BCUT2D eigenvalue weighted by Gasteiger charge is -1.96. The van der Waals surface area contributed by atoms with Gasteiger partial charge in [0.05, 0.1) is 17.1 Å². The van der Waals surface area contributed by atoms with E-state index in [-0.39, 0.29) is 5.91 Å². The van der Waals surface area contributed by atoms with Crippen molar-refractivity contribution in [2.75, 3.05) is 5.32 Å². The van der Waals surface area contributed by atoms with Crippen molar-refractivity contribution in [3.63, 3.8) is 0 Å². The Labute approximate surface area is 130 Å². The van der Waals surface area contributed by atoms with Crippen molar-refractivity contribution in [2.24, 2.45) is 0 Å². The number of nitrogens with zero attached hydrogens (tertiary/aromatic N) is 3. The highest BCUT2D eigenvalue weighted by Gasteiger charge is 2.09. The van der Waals surface area contributed by atoms with Crippen LogP contribution in [0.25, 0.3) is 11.0 Å². The molecular weight excluding hydrogens is 304 g/mol. The van der Waals surface area contributed by atoms with Crippen LogP contribution >= 0.6 is 22.7 Å². The number of hydrogen-bond donors (Lipinski definition) is 1. The number of nitrogens with one attached hydrogen (secondary N) is 1. The van der Waals surface area contributed by atoms with E-state index in [1.54, 1.807) is 17.4 Å². The molecule has 21 heavy (non-hydrogen) atoms. The first-order chi connectivity index (χ1) is 10.0. The second-order valence-electron chi connectivity index (χ2n) is 4.69. The van der Waals surface area contributed by atoms with E-state index in [4.69, 9.17) is 0 Å². The molecule has 0 radical (unpaired) electrons. The molecule has 0 unspecified atom stereocenters. The van der Waals surface area contributed by atoms with E-state index in [0.717, 1.165) is 22.0 Å². The Kier molecular flexibility index (Phi) is 3.60. The molecule has 1 N–H and O–H groups in total. The minimum atomic E-state index is -0.189. The van der Waals surface area contributed by atoms with Gasteiger partial charge >= 0.3 is 0 Å². The van der Waals surface area contributed by atoms with Gasteiger partial charge in [0.1, 0.15) is 0 Å². The van der Waals surface area contributed by atoms with Gasteiger partial charge in [-0.25, -0.2) is 9.97 Å². The number of hydrogen-bond acceptors (Lipinski definition) is 5. The lowest BCUT2D eigenvalue weighted by atomic mass is 10.3. The topological polar surface area (TPSA) is 59.3 Å². The standard InChI is InChI=1S/C14H14N4OS2/c1-8-7-20-13(15-8)17-12(19)5-4-11-10(3)16-14-18(11)6-9(2)21-14/h4-7H,1-3H3,(H,15,17,19)/b5-4+. The van der Waals surface area contributed by atoms with Crippen molar-refractivity contribution in [1.82, 2.24) is 14.4 Å². The Bertz CT molecular complexity index is 841. The maximum Gasteiger partial charge on any atom is 0.250 e. The summed E-state index contributed by atoms with van der Waals surface area (Å²) < 4.78 is 2.01. The van der Waals surface area contributed by atoms with Crippen LogP contribution in [0.15, 0.2) is 17.7 Å². The van der Waals surface area contributed by atoms with Crippen LogP contribution < -0.4 is 5.32 Å². The Morgan fingerprint density at radius 2 is 2.14 bits per heavy atom. The van der Waals surface area contributed by atoms with Crippen LogP contribution in [0.5, 0.6) is 0 Å². The molecule has 0 atom stereocenters. The predicted octanol–water partition coefficient (Wildman–Crippen LogP) is 3.43. The second kappa shape index (κ2) is 5.42. The third kappa shape index (κ3) is 2.88. The number of anilines is 1. The number of aryl methyl sites for hydroxylation is 3. The quantitative estimate of drug-likeness (QED) is 0.753. The van der Waals surface area contributed by atoms with Crippen LogP contribution in [0.4, 0.5) is 5.13 Å². The van der Waals surface area contributed by atoms with Crippen molar-refractivity contribution in [3.8, 4) is 0 Å². The van der Waals surface area contributed by atoms with Gasteiger partial charge in [0.2, 0.25) is 5.91 Å². The maximum absolute atomic E-state index is 11.9. The number of imidazole rings is 1. The number of carbonyl (C=O) groups excluding carboxylic acids is 1. The highest BCUT2D eigenvalue weighted by Crippen LogP contribution is 2.21. The van der Waals surface area contributed by atoms with E-state index in [9.17, 15) is 4.79 Å². The molecule has 108 valence electrons. The average Bonchev–Trinajstić information content (AvgIpc) is 3.03. The lowest BCUT2D eigenvalue weighted by Crippen LogP contribution is -2.07.